The molecule has 0 aliphatic heterocycles. The largest absolute Gasteiger partial charge is 0.0949 e. The van der Waals surface area contributed by atoms with E-state index in [-0.39, 0.29) is 0 Å². The Labute approximate surface area is 172 Å². The second-order valence-electron chi connectivity index (χ2n) is 8.96. The van der Waals surface area contributed by atoms with Crippen LogP contribution in [0.25, 0.3) is 0 Å². The van der Waals surface area contributed by atoms with Crippen LogP contribution in [0.2, 0.25) is 0 Å². The van der Waals surface area contributed by atoms with Crippen LogP contribution in [0.3, 0.4) is 0 Å². The van der Waals surface area contributed by atoms with Gasteiger partial charge in [0.25, 0.3) is 0 Å². The molecule has 1 heteroatoms. The first-order valence-corrected chi connectivity index (χ1v) is 12.6. The molecule has 0 amide bonds. The van der Waals surface area contributed by atoms with Gasteiger partial charge in [0, 0.05) is 4.90 Å². The standard InChI is InChI=1S/C26H40S/c1-2-3-4-5-6-8-11-22-14-16-23(17-15-22)24-18-20-26(21-19-24)27-25-12-9-7-10-13-25/h7,9-10,12-13,20,22-24H,2-6,8,11,14-19,21H2,1H3. The number of hydrogen-bond acceptors (Lipinski definition) is 1. The average molecular weight is 385 g/mol. The van der Waals surface area contributed by atoms with Gasteiger partial charge in [-0.2, -0.15) is 0 Å². The molecule has 1 aromatic rings. The Morgan fingerprint density at radius 2 is 1.56 bits per heavy atom. The molecule has 0 aromatic heterocycles. The molecule has 3 rings (SSSR count). The van der Waals surface area contributed by atoms with Crippen molar-refractivity contribution in [3.05, 3.63) is 41.3 Å². The molecule has 1 unspecified atom stereocenters. The van der Waals surface area contributed by atoms with Crippen molar-refractivity contribution in [3.8, 4) is 0 Å². The minimum atomic E-state index is 0.972. The number of allylic oxidation sites excluding steroid dienone is 2. The van der Waals surface area contributed by atoms with Gasteiger partial charge in [-0.05, 0) is 66.9 Å². The Balaban J connectivity index is 1.31. The molecule has 2 aliphatic carbocycles. The van der Waals surface area contributed by atoms with Crippen LogP contribution in [0.1, 0.15) is 96.8 Å². The van der Waals surface area contributed by atoms with Gasteiger partial charge in [-0.15, -0.1) is 0 Å². The summed E-state index contributed by atoms with van der Waals surface area (Å²) in [7, 11) is 0. The zero-order valence-corrected chi connectivity index (χ0v) is 18.3. The van der Waals surface area contributed by atoms with Gasteiger partial charge < -0.3 is 0 Å². The van der Waals surface area contributed by atoms with Gasteiger partial charge in [0.2, 0.25) is 0 Å². The Hall–Kier alpha value is -0.690. The zero-order valence-electron chi connectivity index (χ0n) is 17.5. The third-order valence-corrected chi connectivity index (χ3v) is 8.07. The monoisotopic (exact) mass is 384 g/mol. The summed E-state index contributed by atoms with van der Waals surface area (Å²) in [6.07, 6.45) is 22.9. The lowest BCUT2D eigenvalue weighted by Gasteiger charge is -2.35. The maximum Gasteiger partial charge on any atom is 0.0118 e. The van der Waals surface area contributed by atoms with E-state index in [0.29, 0.717) is 0 Å². The van der Waals surface area contributed by atoms with Gasteiger partial charge in [-0.25, -0.2) is 0 Å². The molecule has 2 aliphatic rings. The summed E-state index contributed by atoms with van der Waals surface area (Å²) in [5.41, 5.74) is 0. The molecule has 1 fully saturated rings. The fourth-order valence-corrected chi connectivity index (χ4v) is 6.15. The van der Waals surface area contributed by atoms with Crippen molar-refractivity contribution < 1.29 is 0 Å². The summed E-state index contributed by atoms with van der Waals surface area (Å²) >= 11 is 1.99. The van der Waals surface area contributed by atoms with Crippen LogP contribution in [0.5, 0.6) is 0 Å². The van der Waals surface area contributed by atoms with Crippen molar-refractivity contribution in [2.45, 2.75) is 102 Å². The first-order chi connectivity index (χ1) is 13.3. The molecule has 0 saturated heterocycles. The molecular formula is C26H40S. The molecule has 1 saturated carbocycles. The Bertz CT molecular complexity index is 539. The third kappa shape index (κ3) is 7.33. The predicted octanol–water partition coefficient (Wildman–Crippen LogP) is 9.02. The molecule has 0 bridgehead atoms. The van der Waals surface area contributed by atoms with Gasteiger partial charge in [-0.1, -0.05) is 101 Å². The molecule has 150 valence electrons. The van der Waals surface area contributed by atoms with Crippen LogP contribution in [0.15, 0.2) is 46.2 Å². The normalized spacial score (nSPS) is 26.0. The second-order valence-corrected chi connectivity index (χ2v) is 10.2. The Kier molecular flexibility index (Phi) is 9.34. The zero-order chi connectivity index (χ0) is 18.7. The molecule has 0 spiro atoms. The van der Waals surface area contributed by atoms with Crippen LogP contribution in [-0.2, 0) is 0 Å². The minimum Gasteiger partial charge on any atom is -0.0949 e. The highest BCUT2D eigenvalue weighted by Crippen LogP contribution is 2.43. The van der Waals surface area contributed by atoms with E-state index >= 15 is 0 Å². The minimum absolute atomic E-state index is 0.972. The first kappa shape index (κ1) is 21.0. The molecule has 1 atom stereocenters. The average Bonchev–Trinajstić information content (AvgIpc) is 2.72. The van der Waals surface area contributed by atoms with E-state index in [1.54, 1.807) is 4.91 Å². The molecule has 0 radical (unpaired) electrons. The summed E-state index contributed by atoms with van der Waals surface area (Å²) in [6.45, 7) is 2.31. The van der Waals surface area contributed by atoms with Crippen molar-refractivity contribution in [2.24, 2.45) is 17.8 Å². The van der Waals surface area contributed by atoms with Gasteiger partial charge in [0.1, 0.15) is 0 Å². The summed E-state index contributed by atoms with van der Waals surface area (Å²) in [5, 5.41) is 0. The summed E-state index contributed by atoms with van der Waals surface area (Å²) in [5.74, 6) is 3.04. The van der Waals surface area contributed by atoms with Crippen molar-refractivity contribution >= 4 is 11.8 Å². The topological polar surface area (TPSA) is 0 Å². The Morgan fingerprint density at radius 3 is 2.26 bits per heavy atom. The van der Waals surface area contributed by atoms with Gasteiger partial charge in [0.05, 0.1) is 0 Å². The number of unbranched alkanes of at least 4 members (excludes halogenated alkanes) is 5. The quantitative estimate of drug-likeness (QED) is 0.362. The van der Waals surface area contributed by atoms with Crippen LogP contribution in [-0.4, -0.2) is 0 Å². The lowest BCUT2D eigenvalue weighted by molar-refractivity contribution is 0.186. The summed E-state index contributed by atoms with van der Waals surface area (Å²) in [4.78, 5) is 3.01. The van der Waals surface area contributed by atoms with Gasteiger partial charge in [0.15, 0.2) is 0 Å². The van der Waals surface area contributed by atoms with Gasteiger partial charge >= 0.3 is 0 Å². The predicted molar refractivity (Wildman–Crippen MR) is 121 cm³/mol. The molecule has 0 nitrogen and oxygen atoms in total. The SMILES string of the molecule is CCCCCCCCC1CCC(C2CC=C(Sc3ccccc3)CC2)CC1. The smallest absolute Gasteiger partial charge is 0.0118 e. The van der Waals surface area contributed by atoms with Crippen LogP contribution < -0.4 is 0 Å². The summed E-state index contributed by atoms with van der Waals surface area (Å²) in [6, 6.07) is 10.9. The molecule has 1 aromatic carbocycles. The lowest BCUT2D eigenvalue weighted by Crippen LogP contribution is -2.23. The van der Waals surface area contributed by atoms with E-state index < -0.39 is 0 Å². The lowest BCUT2D eigenvalue weighted by atomic mass is 9.71. The second kappa shape index (κ2) is 12.0. The number of benzene rings is 1. The fourth-order valence-electron chi connectivity index (χ4n) is 5.15. The Morgan fingerprint density at radius 1 is 0.815 bits per heavy atom. The number of thioether (sulfide) groups is 1. The maximum absolute atomic E-state index is 2.56. The number of rotatable bonds is 10. The number of hydrogen-bond donors (Lipinski definition) is 0. The van der Waals surface area contributed by atoms with Crippen molar-refractivity contribution in [2.75, 3.05) is 0 Å². The highest BCUT2D eigenvalue weighted by atomic mass is 32.2. The van der Waals surface area contributed by atoms with E-state index in [4.69, 9.17) is 0 Å². The van der Waals surface area contributed by atoms with E-state index in [0.717, 1.165) is 17.8 Å². The van der Waals surface area contributed by atoms with E-state index in [1.165, 1.54) is 94.8 Å². The van der Waals surface area contributed by atoms with E-state index in [9.17, 15) is 0 Å². The molecule has 27 heavy (non-hydrogen) atoms. The van der Waals surface area contributed by atoms with E-state index in [1.807, 2.05) is 11.8 Å². The highest BCUT2D eigenvalue weighted by molar-refractivity contribution is 8.03. The fraction of sp³-hybridized carbons (Fsp3) is 0.692. The van der Waals surface area contributed by atoms with Gasteiger partial charge in [-0.3, -0.25) is 0 Å². The molecular weight excluding hydrogens is 344 g/mol. The maximum atomic E-state index is 2.56. The van der Waals surface area contributed by atoms with E-state index in [2.05, 4.69) is 43.3 Å². The highest BCUT2D eigenvalue weighted by Gasteiger charge is 2.28. The van der Waals surface area contributed by atoms with Crippen LogP contribution in [0, 0.1) is 17.8 Å². The van der Waals surface area contributed by atoms with Crippen LogP contribution >= 0.6 is 11.8 Å². The molecule has 0 N–H and O–H groups in total. The first-order valence-electron chi connectivity index (χ1n) is 11.8. The van der Waals surface area contributed by atoms with Crippen molar-refractivity contribution in [1.29, 1.82) is 0 Å². The third-order valence-electron chi connectivity index (χ3n) is 6.93. The molecule has 0 heterocycles. The van der Waals surface area contributed by atoms with Crippen molar-refractivity contribution in [3.63, 3.8) is 0 Å². The summed E-state index contributed by atoms with van der Waals surface area (Å²) < 4.78 is 0. The van der Waals surface area contributed by atoms with Crippen LogP contribution in [0.4, 0.5) is 0 Å². The van der Waals surface area contributed by atoms with Crippen molar-refractivity contribution in [1.82, 2.24) is 0 Å².